The van der Waals surface area contributed by atoms with Crippen LogP contribution in [0.1, 0.15) is 25.7 Å². The van der Waals surface area contributed by atoms with Crippen molar-refractivity contribution in [2.75, 3.05) is 31.3 Å². The van der Waals surface area contributed by atoms with E-state index >= 15 is 0 Å². The third-order valence-electron chi connectivity index (χ3n) is 4.77. The van der Waals surface area contributed by atoms with E-state index < -0.39 is 10.0 Å². The number of hydrogen-bond donors (Lipinski definition) is 1. The second-order valence-electron chi connectivity index (χ2n) is 6.86. The number of thioether (sulfide) groups is 1. The van der Waals surface area contributed by atoms with Gasteiger partial charge in [-0.3, -0.25) is 4.79 Å². The van der Waals surface area contributed by atoms with Gasteiger partial charge in [0, 0.05) is 23.7 Å². The van der Waals surface area contributed by atoms with Crippen LogP contribution in [-0.2, 0) is 14.8 Å². The topological polar surface area (TPSA) is 75.7 Å². The summed E-state index contributed by atoms with van der Waals surface area (Å²) in [6, 6.07) is 13.9. The first-order valence-electron chi connectivity index (χ1n) is 9.66. The fraction of sp³-hybridized carbons (Fsp3) is 0.381. The maximum atomic E-state index is 12.8. The summed E-state index contributed by atoms with van der Waals surface area (Å²) < 4.78 is 32.3. The molecule has 0 bridgehead atoms. The molecule has 1 aliphatic rings. The smallest absolute Gasteiger partial charge is 0.243 e. The molecule has 1 saturated heterocycles. The molecule has 0 aliphatic carbocycles. The Bertz CT molecular complexity index is 905. The third-order valence-corrected chi connectivity index (χ3v) is 7.70. The van der Waals surface area contributed by atoms with Crippen LogP contribution in [0.3, 0.4) is 0 Å². The Morgan fingerprint density at radius 1 is 1.00 bits per heavy atom. The highest BCUT2D eigenvalue weighted by Gasteiger charge is 2.24. The lowest BCUT2D eigenvalue weighted by atomic mass is 10.2. The number of benzene rings is 2. The standard InChI is InChI=1S/C21H26N2O4S2/c1-27-18-8-10-19(11-9-18)28-16-21(24)22-17-6-12-20(13-7-17)29(25,26)23-14-4-2-3-5-15-23/h6-13H,2-5,14-16H2,1H3,(H,22,24). The number of amides is 1. The predicted molar refractivity (Wildman–Crippen MR) is 116 cm³/mol. The highest BCUT2D eigenvalue weighted by Crippen LogP contribution is 2.23. The van der Waals surface area contributed by atoms with Crippen LogP contribution in [0.5, 0.6) is 5.75 Å². The second kappa shape index (κ2) is 10.1. The van der Waals surface area contributed by atoms with Crippen LogP contribution in [0.2, 0.25) is 0 Å². The average Bonchev–Trinajstić information content (AvgIpc) is 3.03. The fourth-order valence-electron chi connectivity index (χ4n) is 3.16. The second-order valence-corrected chi connectivity index (χ2v) is 9.84. The quantitative estimate of drug-likeness (QED) is 0.667. The van der Waals surface area contributed by atoms with Gasteiger partial charge in [-0.1, -0.05) is 12.8 Å². The predicted octanol–water partition coefficient (Wildman–Crippen LogP) is 3.99. The van der Waals surface area contributed by atoms with Gasteiger partial charge in [-0.05, 0) is 61.4 Å². The van der Waals surface area contributed by atoms with Crippen LogP contribution < -0.4 is 10.1 Å². The summed E-state index contributed by atoms with van der Waals surface area (Å²) in [6.07, 6.45) is 3.95. The van der Waals surface area contributed by atoms with E-state index in [2.05, 4.69) is 5.32 Å². The molecule has 1 amide bonds. The molecular formula is C21H26N2O4S2. The number of carbonyl (C=O) groups is 1. The monoisotopic (exact) mass is 434 g/mol. The molecule has 0 spiro atoms. The molecule has 8 heteroatoms. The number of carbonyl (C=O) groups excluding carboxylic acids is 1. The van der Waals surface area contributed by atoms with E-state index in [0.29, 0.717) is 18.8 Å². The van der Waals surface area contributed by atoms with Gasteiger partial charge in [0.15, 0.2) is 0 Å². The summed E-state index contributed by atoms with van der Waals surface area (Å²) in [5.41, 5.74) is 0.583. The van der Waals surface area contributed by atoms with Crippen LogP contribution in [0, 0.1) is 0 Å². The first-order chi connectivity index (χ1) is 14.0. The summed E-state index contributed by atoms with van der Waals surface area (Å²) in [7, 11) is -1.87. The zero-order chi connectivity index (χ0) is 20.7. The highest BCUT2D eigenvalue weighted by molar-refractivity contribution is 8.00. The minimum atomic E-state index is -3.48. The van der Waals surface area contributed by atoms with E-state index in [9.17, 15) is 13.2 Å². The van der Waals surface area contributed by atoms with Gasteiger partial charge in [0.05, 0.1) is 17.8 Å². The Morgan fingerprint density at radius 3 is 2.21 bits per heavy atom. The molecular weight excluding hydrogens is 408 g/mol. The Morgan fingerprint density at radius 2 is 1.62 bits per heavy atom. The Labute approximate surface area is 176 Å². The first-order valence-corrected chi connectivity index (χ1v) is 12.1. The van der Waals surface area contributed by atoms with Crippen molar-refractivity contribution in [2.24, 2.45) is 0 Å². The number of sulfonamides is 1. The minimum absolute atomic E-state index is 0.144. The molecule has 6 nitrogen and oxygen atoms in total. The zero-order valence-corrected chi connectivity index (χ0v) is 18.1. The van der Waals surface area contributed by atoms with Crippen LogP contribution in [0.15, 0.2) is 58.3 Å². The zero-order valence-electron chi connectivity index (χ0n) is 16.5. The summed E-state index contributed by atoms with van der Waals surface area (Å²) >= 11 is 1.42. The van der Waals surface area contributed by atoms with Crippen molar-refractivity contribution in [1.82, 2.24) is 4.31 Å². The fourth-order valence-corrected chi connectivity index (χ4v) is 5.37. The van der Waals surface area contributed by atoms with Gasteiger partial charge < -0.3 is 10.1 Å². The van der Waals surface area contributed by atoms with Gasteiger partial charge in [0.25, 0.3) is 0 Å². The normalized spacial score (nSPS) is 15.5. The molecule has 1 fully saturated rings. The van der Waals surface area contributed by atoms with Gasteiger partial charge in [-0.15, -0.1) is 11.8 Å². The van der Waals surface area contributed by atoms with Crippen LogP contribution in [-0.4, -0.2) is 44.6 Å². The molecule has 0 aromatic heterocycles. The number of methoxy groups -OCH3 is 1. The van der Waals surface area contributed by atoms with Crippen molar-refractivity contribution in [1.29, 1.82) is 0 Å². The van der Waals surface area contributed by atoms with E-state index in [4.69, 9.17) is 4.74 Å². The maximum absolute atomic E-state index is 12.8. The molecule has 0 radical (unpaired) electrons. The lowest BCUT2D eigenvalue weighted by Crippen LogP contribution is -2.31. The Hall–Kier alpha value is -2.03. The van der Waals surface area contributed by atoms with E-state index in [1.807, 2.05) is 24.3 Å². The maximum Gasteiger partial charge on any atom is 0.243 e. The molecule has 0 saturated carbocycles. The van der Waals surface area contributed by atoms with E-state index in [1.54, 1.807) is 35.7 Å². The Kier molecular flexibility index (Phi) is 7.57. The average molecular weight is 435 g/mol. The number of nitrogens with zero attached hydrogens (tertiary/aromatic N) is 1. The van der Waals surface area contributed by atoms with Gasteiger partial charge in [0.2, 0.25) is 15.9 Å². The van der Waals surface area contributed by atoms with Crippen LogP contribution in [0.25, 0.3) is 0 Å². The van der Waals surface area contributed by atoms with Gasteiger partial charge in [-0.25, -0.2) is 8.42 Å². The summed E-state index contributed by atoms with van der Waals surface area (Å²) in [5.74, 6) is 0.892. The van der Waals surface area contributed by atoms with E-state index in [1.165, 1.54) is 11.8 Å². The lowest BCUT2D eigenvalue weighted by Gasteiger charge is -2.20. The SMILES string of the molecule is COc1ccc(SCC(=O)Nc2ccc(S(=O)(=O)N3CCCCCC3)cc2)cc1. The molecule has 1 heterocycles. The number of rotatable bonds is 7. The summed E-state index contributed by atoms with van der Waals surface area (Å²) in [5, 5.41) is 2.81. The molecule has 0 unspecified atom stereocenters. The van der Waals surface area contributed by atoms with Crippen molar-refractivity contribution in [3.8, 4) is 5.75 Å². The van der Waals surface area contributed by atoms with Crippen LogP contribution in [0.4, 0.5) is 5.69 Å². The summed E-state index contributed by atoms with van der Waals surface area (Å²) in [4.78, 5) is 13.4. The minimum Gasteiger partial charge on any atom is -0.497 e. The highest BCUT2D eigenvalue weighted by atomic mass is 32.2. The van der Waals surface area contributed by atoms with E-state index in [-0.39, 0.29) is 16.6 Å². The van der Waals surface area contributed by atoms with Crippen molar-refractivity contribution in [2.45, 2.75) is 35.5 Å². The third kappa shape index (κ3) is 5.98. The van der Waals surface area contributed by atoms with Gasteiger partial charge in [-0.2, -0.15) is 4.31 Å². The van der Waals surface area contributed by atoms with Crippen molar-refractivity contribution < 1.29 is 17.9 Å². The van der Waals surface area contributed by atoms with Crippen molar-refractivity contribution >= 4 is 33.4 Å². The van der Waals surface area contributed by atoms with Gasteiger partial charge >= 0.3 is 0 Å². The molecule has 29 heavy (non-hydrogen) atoms. The number of hydrogen-bond acceptors (Lipinski definition) is 5. The molecule has 156 valence electrons. The number of nitrogens with one attached hydrogen (secondary N) is 1. The van der Waals surface area contributed by atoms with E-state index in [0.717, 1.165) is 36.3 Å². The largest absolute Gasteiger partial charge is 0.497 e. The summed E-state index contributed by atoms with van der Waals surface area (Å²) in [6.45, 7) is 1.15. The molecule has 1 N–H and O–H groups in total. The molecule has 2 aromatic carbocycles. The molecule has 2 aromatic rings. The number of ether oxygens (including phenoxy) is 1. The molecule has 0 atom stereocenters. The molecule has 1 aliphatic heterocycles. The number of anilines is 1. The van der Waals surface area contributed by atoms with Crippen LogP contribution >= 0.6 is 11.8 Å². The van der Waals surface area contributed by atoms with Gasteiger partial charge in [0.1, 0.15) is 5.75 Å². The lowest BCUT2D eigenvalue weighted by molar-refractivity contribution is -0.113. The van der Waals surface area contributed by atoms with Crippen molar-refractivity contribution in [3.63, 3.8) is 0 Å². The Balaban J connectivity index is 1.55. The molecule has 3 rings (SSSR count). The first kappa shape index (κ1) is 21.7. The van der Waals surface area contributed by atoms with Crippen molar-refractivity contribution in [3.05, 3.63) is 48.5 Å².